The number of hydrogen-bond acceptors (Lipinski definition) is 2. The molecular weight excluding hydrogens is 318 g/mol. The highest BCUT2D eigenvalue weighted by Gasteiger charge is 2.06. The Morgan fingerprint density at radius 2 is 2.06 bits per heavy atom. The third-order valence-corrected chi connectivity index (χ3v) is 3.29. The molecule has 1 heterocycles. The Morgan fingerprint density at radius 1 is 1.25 bits per heavy atom. The molecule has 0 amide bonds. The number of nitrogens with two attached hydrogens (primary N) is 1. The lowest BCUT2D eigenvalue weighted by Gasteiger charge is -2.06. The van der Waals surface area contributed by atoms with Gasteiger partial charge in [-0.15, -0.1) is 0 Å². The van der Waals surface area contributed by atoms with E-state index in [2.05, 4.69) is 27.6 Å². The van der Waals surface area contributed by atoms with E-state index in [1.54, 1.807) is 24.5 Å². The van der Waals surface area contributed by atoms with Crippen molar-refractivity contribution in [1.29, 1.82) is 0 Å². The molecule has 82 valence electrons. The number of benzene rings is 1. The van der Waals surface area contributed by atoms with Gasteiger partial charge in [-0.05, 0) is 51.9 Å². The molecule has 2 nitrogen and oxygen atoms in total. The molecule has 1 aromatic heterocycles. The van der Waals surface area contributed by atoms with Gasteiger partial charge in [0.2, 0.25) is 0 Å². The standard InChI is InChI=1S/C12H10FIN2/c13-11-6-10(15)2-1-8(11)5-9-3-4-16-7-12(9)14/h1-4,6-7H,5,15H2. The van der Waals surface area contributed by atoms with Crippen molar-refractivity contribution in [3.05, 3.63) is 57.2 Å². The Morgan fingerprint density at radius 3 is 2.75 bits per heavy atom. The molecule has 0 saturated carbocycles. The van der Waals surface area contributed by atoms with Crippen LogP contribution in [0.5, 0.6) is 0 Å². The van der Waals surface area contributed by atoms with Gasteiger partial charge in [-0.3, -0.25) is 4.98 Å². The second kappa shape index (κ2) is 4.78. The van der Waals surface area contributed by atoms with Crippen LogP contribution in [0.15, 0.2) is 36.7 Å². The first kappa shape index (κ1) is 11.3. The molecule has 2 rings (SSSR count). The molecular formula is C12H10FIN2. The average Bonchev–Trinajstić information content (AvgIpc) is 2.25. The van der Waals surface area contributed by atoms with Crippen molar-refractivity contribution in [1.82, 2.24) is 4.98 Å². The topological polar surface area (TPSA) is 38.9 Å². The lowest BCUT2D eigenvalue weighted by Crippen LogP contribution is -1.97. The average molecular weight is 328 g/mol. The second-order valence-corrected chi connectivity index (χ2v) is 4.66. The lowest BCUT2D eigenvalue weighted by molar-refractivity contribution is 0.614. The van der Waals surface area contributed by atoms with E-state index in [0.717, 1.165) is 9.13 Å². The van der Waals surface area contributed by atoms with Gasteiger partial charge in [0.25, 0.3) is 0 Å². The van der Waals surface area contributed by atoms with Crippen LogP contribution in [0, 0.1) is 9.39 Å². The summed E-state index contributed by atoms with van der Waals surface area (Å²) in [4.78, 5) is 4.00. The van der Waals surface area contributed by atoms with Crippen LogP contribution in [0.1, 0.15) is 11.1 Å². The highest BCUT2D eigenvalue weighted by molar-refractivity contribution is 14.1. The Kier molecular flexibility index (Phi) is 3.38. The lowest BCUT2D eigenvalue weighted by atomic mass is 10.1. The highest BCUT2D eigenvalue weighted by Crippen LogP contribution is 2.18. The normalized spacial score (nSPS) is 10.4. The number of halogens is 2. The van der Waals surface area contributed by atoms with E-state index in [9.17, 15) is 4.39 Å². The number of anilines is 1. The Hall–Kier alpha value is -1.17. The van der Waals surface area contributed by atoms with Crippen LogP contribution in [0.25, 0.3) is 0 Å². The summed E-state index contributed by atoms with van der Waals surface area (Å²) < 4.78 is 14.6. The molecule has 1 aromatic carbocycles. The van der Waals surface area contributed by atoms with E-state index in [1.165, 1.54) is 6.07 Å². The van der Waals surface area contributed by atoms with E-state index in [0.29, 0.717) is 17.7 Å². The number of nitrogen functional groups attached to an aromatic ring is 1. The van der Waals surface area contributed by atoms with E-state index >= 15 is 0 Å². The van der Waals surface area contributed by atoms with Gasteiger partial charge >= 0.3 is 0 Å². The Bertz CT molecular complexity index is 514. The van der Waals surface area contributed by atoms with Crippen molar-refractivity contribution < 1.29 is 4.39 Å². The minimum Gasteiger partial charge on any atom is -0.399 e. The molecule has 0 radical (unpaired) electrons. The smallest absolute Gasteiger partial charge is 0.128 e. The maximum absolute atomic E-state index is 13.6. The molecule has 0 aliphatic heterocycles. The van der Waals surface area contributed by atoms with Crippen LogP contribution >= 0.6 is 22.6 Å². The van der Waals surface area contributed by atoms with Crippen LogP contribution in [0.2, 0.25) is 0 Å². The quantitative estimate of drug-likeness (QED) is 0.680. The number of aromatic nitrogens is 1. The van der Waals surface area contributed by atoms with Crippen molar-refractivity contribution >= 4 is 28.3 Å². The molecule has 0 fully saturated rings. The van der Waals surface area contributed by atoms with Crippen molar-refractivity contribution in [3.8, 4) is 0 Å². The van der Waals surface area contributed by atoms with Crippen molar-refractivity contribution in [2.24, 2.45) is 0 Å². The van der Waals surface area contributed by atoms with Gasteiger partial charge in [0.1, 0.15) is 5.82 Å². The molecule has 0 aliphatic rings. The van der Waals surface area contributed by atoms with E-state index in [-0.39, 0.29) is 5.82 Å². The maximum atomic E-state index is 13.6. The summed E-state index contributed by atoms with van der Waals surface area (Å²) in [6.45, 7) is 0. The first-order chi connectivity index (χ1) is 7.66. The molecule has 16 heavy (non-hydrogen) atoms. The number of pyridine rings is 1. The Labute approximate surface area is 107 Å². The molecule has 2 aromatic rings. The SMILES string of the molecule is Nc1ccc(Cc2ccncc2I)c(F)c1. The van der Waals surface area contributed by atoms with Gasteiger partial charge in [0, 0.05) is 28.1 Å². The zero-order valence-electron chi connectivity index (χ0n) is 8.45. The van der Waals surface area contributed by atoms with Gasteiger partial charge in [-0.1, -0.05) is 6.07 Å². The first-order valence-electron chi connectivity index (χ1n) is 4.79. The zero-order chi connectivity index (χ0) is 11.5. The summed E-state index contributed by atoms with van der Waals surface area (Å²) in [6, 6.07) is 6.69. The fraction of sp³-hybridized carbons (Fsp3) is 0.0833. The van der Waals surface area contributed by atoms with Gasteiger partial charge in [-0.25, -0.2) is 4.39 Å². The minimum atomic E-state index is -0.257. The monoisotopic (exact) mass is 328 g/mol. The number of rotatable bonds is 2. The molecule has 4 heteroatoms. The van der Waals surface area contributed by atoms with Crippen LogP contribution in [-0.2, 0) is 6.42 Å². The highest BCUT2D eigenvalue weighted by atomic mass is 127. The van der Waals surface area contributed by atoms with Crippen LogP contribution in [0.4, 0.5) is 10.1 Å². The first-order valence-corrected chi connectivity index (χ1v) is 5.87. The summed E-state index contributed by atoms with van der Waals surface area (Å²) in [5, 5.41) is 0. The molecule has 0 atom stereocenters. The maximum Gasteiger partial charge on any atom is 0.128 e. The Balaban J connectivity index is 2.31. The summed E-state index contributed by atoms with van der Waals surface area (Å²) >= 11 is 2.20. The molecule has 0 spiro atoms. The van der Waals surface area contributed by atoms with Gasteiger partial charge in [0.05, 0.1) is 0 Å². The number of hydrogen-bond donors (Lipinski definition) is 1. The van der Waals surface area contributed by atoms with Gasteiger partial charge in [0.15, 0.2) is 0 Å². The molecule has 0 unspecified atom stereocenters. The zero-order valence-corrected chi connectivity index (χ0v) is 10.6. The summed E-state index contributed by atoms with van der Waals surface area (Å²) in [7, 11) is 0. The second-order valence-electron chi connectivity index (χ2n) is 3.49. The summed E-state index contributed by atoms with van der Waals surface area (Å²) in [6.07, 6.45) is 4.05. The third kappa shape index (κ3) is 2.49. The fourth-order valence-electron chi connectivity index (χ4n) is 1.46. The largest absolute Gasteiger partial charge is 0.399 e. The van der Waals surface area contributed by atoms with Crippen molar-refractivity contribution in [2.45, 2.75) is 6.42 Å². The molecule has 0 aliphatic carbocycles. The van der Waals surface area contributed by atoms with Crippen molar-refractivity contribution in [3.63, 3.8) is 0 Å². The molecule has 0 bridgehead atoms. The van der Waals surface area contributed by atoms with E-state index < -0.39 is 0 Å². The van der Waals surface area contributed by atoms with Crippen LogP contribution < -0.4 is 5.73 Å². The molecule has 2 N–H and O–H groups in total. The predicted molar refractivity (Wildman–Crippen MR) is 70.6 cm³/mol. The van der Waals surface area contributed by atoms with Crippen LogP contribution in [-0.4, -0.2) is 4.98 Å². The van der Waals surface area contributed by atoms with Gasteiger partial charge in [-0.2, -0.15) is 0 Å². The number of nitrogens with zero attached hydrogens (tertiary/aromatic N) is 1. The molecule has 0 saturated heterocycles. The summed E-state index contributed by atoms with van der Waals surface area (Å²) in [5.74, 6) is -0.257. The van der Waals surface area contributed by atoms with E-state index in [1.807, 2.05) is 6.07 Å². The van der Waals surface area contributed by atoms with Crippen molar-refractivity contribution in [2.75, 3.05) is 5.73 Å². The third-order valence-electron chi connectivity index (χ3n) is 2.31. The minimum absolute atomic E-state index is 0.257. The summed E-state index contributed by atoms with van der Waals surface area (Å²) in [5.41, 5.74) is 7.67. The van der Waals surface area contributed by atoms with Crippen LogP contribution in [0.3, 0.4) is 0 Å². The van der Waals surface area contributed by atoms with E-state index in [4.69, 9.17) is 5.73 Å². The van der Waals surface area contributed by atoms with Gasteiger partial charge < -0.3 is 5.73 Å². The fourth-order valence-corrected chi connectivity index (χ4v) is 1.99. The predicted octanol–water partition coefficient (Wildman–Crippen LogP) is 3.00.